The lowest BCUT2D eigenvalue weighted by Gasteiger charge is -2.32. The van der Waals surface area contributed by atoms with Gasteiger partial charge in [0.1, 0.15) is 18.3 Å². The summed E-state index contributed by atoms with van der Waals surface area (Å²) in [5.41, 5.74) is 1.06. The van der Waals surface area contributed by atoms with Gasteiger partial charge in [0.25, 0.3) is 10.0 Å². The maximum Gasteiger partial charge on any atom is 0.264 e. The topological polar surface area (TPSA) is 96.0 Å². The molecule has 3 aromatic carbocycles. The molecule has 3 aromatic rings. The molecule has 9 heteroatoms. The molecule has 0 bridgehead atoms. The van der Waals surface area contributed by atoms with Gasteiger partial charge in [0.05, 0.1) is 17.2 Å². The van der Waals surface area contributed by atoms with E-state index in [9.17, 15) is 18.0 Å². The Balaban J connectivity index is 2.06. The average Bonchev–Trinajstić information content (AvgIpc) is 2.91. The number of para-hydroxylation sites is 2. The molecular weight excluding hydrogens is 502 g/mol. The van der Waals surface area contributed by atoms with Crippen molar-refractivity contribution in [3.05, 3.63) is 90.5 Å². The molecule has 0 heterocycles. The van der Waals surface area contributed by atoms with Gasteiger partial charge in [-0.25, -0.2) is 8.42 Å². The fraction of sp³-hybridized carbons (Fsp3) is 0.310. The van der Waals surface area contributed by atoms with Crippen LogP contribution < -0.4 is 14.4 Å². The summed E-state index contributed by atoms with van der Waals surface area (Å²) in [6.07, 6.45) is 0. The van der Waals surface area contributed by atoms with Gasteiger partial charge in [0, 0.05) is 12.6 Å². The highest BCUT2D eigenvalue weighted by molar-refractivity contribution is 7.92. The van der Waals surface area contributed by atoms with Crippen molar-refractivity contribution in [1.82, 2.24) is 10.2 Å². The van der Waals surface area contributed by atoms with Crippen LogP contribution >= 0.6 is 0 Å². The molecule has 0 saturated heterocycles. The Labute approximate surface area is 225 Å². The van der Waals surface area contributed by atoms with Crippen LogP contribution in [0.4, 0.5) is 5.69 Å². The van der Waals surface area contributed by atoms with E-state index in [0.29, 0.717) is 12.4 Å². The lowest BCUT2D eigenvalue weighted by atomic mass is 10.1. The first kappa shape index (κ1) is 28.7. The van der Waals surface area contributed by atoms with Gasteiger partial charge in [-0.3, -0.25) is 13.9 Å². The normalized spacial score (nSPS) is 12.0. The second-order valence-corrected chi connectivity index (χ2v) is 10.9. The molecule has 2 amide bonds. The summed E-state index contributed by atoms with van der Waals surface area (Å²) in [6, 6.07) is 23.0. The molecule has 0 aliphatic carbocycles. The molecule has 0 saturated carbocycles. The maximum atomic E-state index is 13.9. The van der Waals surface area contributed by atoms with Crippen molar-refractivity contribution in [1.29, 1.82) is 0 Å². The van der Waals surface area contributed by atoms with Gasteiger partial charge in [-0.1, -0.05) is 60.7 Å². The van der Waals surface area contributed by atoms with Gasteiger partial charge in [-0.05, 0) is 57.5 Å². The monoisotopic (exact) mass is 537 g/mol. The number of ether oxygens (including phenoxy) is 1. The number of anilines is 1. The zero-order valence-corrected chi connectivity index (χ0v) is 23.0. The highest BCUT2D eigenvalue weighted by Gasteiger charge is 2.33. The summed E-state index contributed by atoms with van der Waals surface area (Å²) in [5, 5.41) is 2.85. The molecular formula is C29H35N3O5S. The standard InChI is InChI=1S/C29H35N3O5S/c1-5-37-27-19-13-12-18-26(27)32(38(35,36)25-16-10-7-11-17-25)21-28(33)31(20-24-14-8-6-9-15-24)23(4)29(34)30-22(2)3/h6-19,22-23H,5,20-21H2,1-4H3,(H,30,34)/t23-/m0/s1. The van der Waals surface area contributed by atoms with E-state index in [2.05, 4.69) is 5.32 Å². The van der Waals surface area contributed by atoms with E-state index in [4.69, 9.17) is 4.74 Å². The van der Waals surface area contributed by atoms with Crippen molar-refractivity contribution in [2.24, 2.45) is 0 Å². The van der Waals surface area contributed by atoms with Crippen LogP contribution in [0.5, 0.6) is 5.75 Å². The van der Waals surface area contributed by atoms with Gasteiger partial charge in [-0.2, -0.15) is 0 Å². The second-order valence-electron chi connectivity index (χ2n) is 9.07. The van der Waals surface area contributed by atoms with Crippen LogP contribution in [-0.2, 0) is 26.2 Å². The smallest absolute Gasteiger partial charge is 0.264 e. The minimum atomic E-state index is -4.16. The van der Waals surface area contributed by atoms with Crippen LogP contribution in [0.15, 0.2) is 89.8 Å². The molecule has 1 N–H and O–H groups in total. The fourth-order valence-electron chi connectivity index (χ4n) is 3.94. The van der Waals surface area contributed by atoms with Crippen LogP contribution in [0.1, 0.15) is 33.3 Å². The Kier molecular flexibility index (Phi) is 9.90. The summed E-state index contributed by atoms with van der Waals surface area (Å²) in [6.45, 7) is 7.06. The Bertz CT molecular complexity index is 1310. The minimum absolute atomic E-state index is 0.0410. The number of hydrogen-bond acceptors (Lipinski definition) is 5. The van der Waals surface area contributed by atoms with Crippen molar-refractivity contribution in [2.75, 3.05) is 17.5 Å². The Hall–Kier alpha value is -3.85. The molecule has 0 aliphatic rings. The molecule has 8 nitrogen and oxygen atoms in total. The van der Waals surface area contributed by atoms with Crippen molar-refractivity contribution in [2.45, 2.75) is 51.2 Å². The number of carbonyl (C=O) groups is 2. The highest BCUT2D eigenvalue weighted by atomic mass is 32.2. The number of sulfonamides is 1. The van der Waals surface area contributed by atoms with Crippen LogP contribution in [0.3, 0.4) is 0 Å². The van der Waals surface area contributed by atoms with Crippen LogP contribution in [0, 0.1) is 0 Å². The molecule has 0 fully saturated rings. The number of nitrogens with one attached hydrogen (secondary N) is 1. The molecule has 202 valence electrons. The predicted molar refractivity (Wildman–Crippen MR) is 148 cm³/mol. The largest absolute Gasteiger partial charge is 0.492 e. The zero-order chi connectivity index (χ0) is 27.7. The summed E-state index contributed by atoms with van der Waals surface area (Å²) >= 11 is 0. The number of hydrogen-bond donors (Lipinski definition) is 1. The molecule has 1 atom stereocenters. The van der Waals surface area contributed by atoms with Crippen molar-refractivity contribution < 1.29 is 22.7 Å². The first-order valence-corrected chi connectivity index (χ1v) is 14.0. The first-order valence-electron chi connectivity index (χ1n) is 12.6. The molecule has 0 aromatic heterocycles. The maximum absolute atomic E-state index is 13.9. The number of amides is 2. The number of benzene rings is 3. The van der Waals surface area contributed by atoms with Crippen LogP contribution in [0.25, 0.3) is 0 Å². The highest BCUT2D eigenvalue weighted by Crippen LogP contribution is 2.32. The third-order valence-electron chi connectivity index (χ3n) is 5.84. The summed E-state index contributed by atoms with van der Waals surface area (Å²) in [5.74, 6) is -0.509. The lowest BCUT2D eigenvalue weighted by molar-refractivity contribution is -0.139. The third-order valence-corrected chi connectivity index (χ3v) is 7.61. The van der Waals surface area contributed by atoms with Crippen molar-refractivity contribution >= 4 is 27.5 Å². The Morgan fingerprint density at radius 3 is 2.05 bits per heavy atom. The van der Waals surface area contributed by atoms with Crippen molar-refractivity contribution in [3.63, 3.8) is 0 Å². The number of carbonyl (C=O) groups excluding carboxylic acids is 2. The van der Waals surface area contributed by atoms with E-state index in [1.165, 1.54) is 17.0 Å². The van der Waals surface area contributed by atoms with Crippen molar-refractivity contribution in [3.8, 4) is 5.75 Å². The third kappa shape index (κ3) is 7.13. The Morgan fingerprint density at radius 2 is 1.45 bits per heavy atom. The number of rotatable bonds is 12. The molecule has 3 rings (SSSR count). The van der Waals surface area contributed by atoms with Gasteiger partial charge in [0.2, 0.25) is 11.8 Å². The minimum Gasteiger partial charge on any atom is -0.492 e. The van der Waals surface area contributed by atoms with E-state index < -0.39 is 28.5 Å². The van der Waals surface area contributed by atoms with Crippen LogP contribution in [-0.4, -0.2) is 50.4 Å². The number of nitrogens with zero attached hydrogens (tertiary/aromatic N) is 2. The zero-order valence-electron chi connectivity index (χ0n) is 22.2. The first-order chi connectivity index (χ1) is 18.1. The fourth-order valence-corrected chi connectivity index (χ4v) is 5.39. The molecule has 0 unspecified atom stereocenters. The van der Waals surface area contributed by atoms with E-state index in [0.717, 1.165) is 9.87 Å². The second kappa shape index (κ2) is 13.1. The Morgan fingerprint density at radius 1 is 0.868 bits per heavy atom. The average molecular weight is 538 g/mol. The lowest BCUT2D eigenvalue weighted by Crippen LogP contribution is -2.52. The molecule has 38 heavy (non-hydrogen) atoms. The van der Waals surface area contributed by atoms with Gasteiger partial charge >= 0.3 is 0 Å². The summed E-state index contributed by atoms with van der Waals surface area (Å²) in [4.78, 5) is 28.3. The van der Waals surface area contributed by atoms with Gasteiger partial charge in [0.15, 0.2) is 0 Å². The van der Waals surface area contributed by atoms with E-state index in [1.54, 1.807) is 56.3 Å². The summed E-state index contributed by atoms with van der Waals surface area (Å²) in [7, 11) is -4.16. The van der Waals surface area contributed by atoms with Gasteiger partial charge < -0.3 is 15.0 Å². The summed E-state index contributed by atoms with van der Waals surface area (Å²) < 4.78 is 34.5. The molecule has 0 spiro atoms. The quantitative estimate of drug-likeness (QED) is 0.373. The van der Waals surface area contributed by atoms with Crippen LogP contribution in [0.2, 0.25) is 0 Å². The van der Waals surface area contributed by atoms with E-state index >= 15 is 0 Å². The van der Waals surface area contributed by atoms with E-state index in [-0.39, 0.29) is 29.1 Å². The predicted octanol–water partition coefficient (Wildman–Crippen LogP) is 4.22. The SMILES string of the molecule is CCOc1ccccc1N(CC(=O)N(Cc1ccccc1)[C@@H](C)C(=O)NC(C)C)S(=O)(=O)c1ccccc1. The van der Waals surface area contributed by atoms with Gasteiger partial charge in [-0.15, -0.1) is 0 Å². The van der Waals surface area contributed by atoms with E-state index in [1.807, 2.05) is 44.2 Å². The molecule has 0 radical (unpaired) electrons. The molecule has 0 aliphatic heterocycles.